The van der Waals surface area contributed by atoms with E-state index in [0.29, 0.717) is 11.3 Å². The van der Waals surface area contributed by atoms with E-state index in [0.717, 1.165) is 48.6 Å². The molecular formula is C25H28N2O4. The van der Waals surface area contributed by atoms with Crippen molar-refractivity contribution >= 4 is 17.4 Å². The van der Waals surface area contributed by atoms with E-state index < -0.39 is 0 Å². The Labute approximate surface area is 183 Å². The van der Waals surface area contributed by atoms with Crippen LogP contribution in [0.2, 0.25) is 0 Å². The molecule has 0 saturated carbocycles. The summed E-state index contributed by atoms with van der Waals surface area (Å²) in [5.74, 6) is 1.01. The molecular weight excluding hydrogens is 392 g/mol. The number of hydrogen-bond donors (Lipinski definition) is 0. The average molecular weight is 421 g/mol. The lowest BCUT2D eigenvalue weighted by Gasteiger charge is -2.20. The molecule has 1 saturated heterocycles. The third kappa shape index (κ3) is 4.29. The smallest absolute Gasteiger partial charge is 0.278 e. The molecule has 0 aromatic heterocycles. The summed E-state index contributed by atoms with van der Waals surface area (Å²) in [6.07, 6.45) is 2.12. The highest BCUT2D eigenvalue weighted by molar-refractivity contribution is 6.35. The standard InChI is InChI=1S/C25H28N2O4/c1-17(2)31-21-12-8-19(9-13-21)22-23(26-14-4-5-15-26)25(29)27(24(22)28)16-18-6-10-20(30-3)11-7-18/h6-13,17H,4-5,14-16H2,1-3H3. The maximum Gasteiger partial charge on any atom is 0.278 e. The maximum absolute atomic E-state index is 13.4. The van der Waals surface area contributed by atoms with Gasteiger partial charge >= 0.3 is 0 Å². The van der Waals surface area contributed by atoms with Gasteiger partial charge in [-0.1, -0.05) is 24.3 Å². The number of methoxy groups -OCH3 is 1. The molecule has 162 valence electrons. The van der Waals surface area contributed by atoms with E-state index in [4.69, 9.17) is 9.47 Å². The summed E-state index contributed by atoms with van der Waals surface area (Å²) in [5.41, 5.74) is 2.63. The van der Waals surface area contributed by atoms with E-state index >= 15 is 0 Å². The molecule has 0 unspecified atom stereocenters. The molecule has 6 nitrogen and oxygen atoms in total. The van der Waals surface area contributed by atoms with Crippen LogP contribution in [0, 0.1) is 0 Å². The number of likely N-dealkylation sites (tertiary alicyclic amines) is 1. The topological polar surface area (TPSA) is 59.1 Å². The Bertz CT molecular complexity index is 987. The fourth-order valence-electron chi connectivity index (χ4n) is 4.09. The van der Waals surface area contributed by atoms with Gasteiger partial charge in [-0.25, -0.2) is 0 Å². The van der Waals surface area contributed by atoms with Crippen LogP contribution in [-0.2, 0) is 16.1 Å². The van der Waals surface area contributed by atoms with Crippen molar-refractivity contribution in [3.05, 3.63) is 65.4 Å². The molecule has 6 heteroatoms. The van der Waals surface area contributed by atoms with Crippen molar-refractivity contribution in [2.75, 3.05) is 20.2 Å². The molecule has 2 aliphatic rings. The monoisotopic (exact) mass is 420 g/mol. The number of carbonyl (C=O) groups is 2. The summed E-state index contributed by atoms with van der Waals surface area (Å²) in [6, 6.07) is 14.9. The Morgan fingerprint density at radius 1 is 0.871 bits per heavy atom. The van der Waals surface area contributed by atoms with E-state index in [1.807, 2.05) is 62.4 Å². The minimum atomic E-state index is -0.250. The second kappa shape index (κ2) is 8.84. The molecule has 2 amide bonds. The zero-order valence-electron chi connectivity index (χ0n) is 18.3. The first-order valence-electron chi connectivity index (χ1n) is 10.7. The van der Waals surface area contributed by atoms with Crippen LogP contribution in [0.1, 0.15) is 37.8 Å². The molecule has 2 aliphatic heterocycles. The third-order valence-electron chi connectivity index (χ3n) is 5.58. The summed E-state index contributed by atoms with van der Waals surface area (Å²) in [7, 11) is 1.61. The van der Waals surface area contributed by atoms with Crippen LogP contribution in [0.25, 0.3) is 5.57 Å². The molecule has 0 radical (unpaired) electrons. The average Bonchev–Trinajstić information content (AvgIpc) is 3.37. The molecule has 0 bridgehead atoms. The number of imide groups is 1. The number of carbonyl (C=O) groups excluding carboxylic acids is 2. The lowest BCUT2D eigenvalue weighted by atomic mass is 10.0. The molecule has 31 heavy (non-hydrogen) atoms. The third-order valence-corrected chi connectivity index (χ3v) is 5.58. The van der Waals surface area contributed by atoms with E-state index in [1.165, 1.54) is 4.90 Å². The Hall–Kier alpha value is -3.28. The van der Waals surface area contributed by atoms with Crippen molar-refractivity contribution < 1.29 is 19.1 Å². The van der Waals surface area contributed by atoms with Gasteiger partial charge in [0.1, 0.15) is 17.2 Å². The summed E-state index contributed by atoms with van der Waals surface area (Å²) < 4.78 is 10.9. The lowest BCUT2D eigenvalue weighted by Crippen LogP contribution is -2.34. The Morgan fingerprint density at radius 3 is 2.06 bits per heavy atom. The molecule has 0 N–H and O–H groups in total. The summed E-state index contributed by atoms with van der Waals surface area (Å²) in [5, 5.41) is 0. The van der Waals surface area contributed by atoms with Crippen LogP contribution in [0.15, 0.2) is 54.2 Å². The minimum Gasteiger partial charge on any atom is -0.497 e. The largest absolute Gasteiger partial charge is 0.497 e. The molecule has 0 aliphatic carbocycles. The van der Waals surface area contributed by atoms with Crippen LogP contribution in [0.5, 0.6) is 11.5 Å². The first-order chi connectivity index (χ1) is 15.0. The SMILES string of the molecule is COc1ccc(CN2C(=O)C(c3ccc(OC(C)C)cc3)=C(N3CCCC3)C2=O)cc1. The zero-order valence-corrected chi connectivity index (χ0v) is 18.3. The van der Waals surface area contributed by atoms with Gasteiger partial charge in [-0.2, -0.15) is 0 Å². The predicted molar refractivity (Wildman–Crippen MR) is 118 cm³/mol. The van der Waals surface area contributed by atoms with Crippen molar-refractivity contribution in [3.8, 4) is 11.5 Å². The molecule has 2 aromatic carbocycles. The Kier molecular flexibility index (Phi) is 5.98. The van der Waals surface area contributed by atoms with Gasteiger partial charge in [0.25, 0.3) is 11.8 Å². The van der Waals surface area contributed by atoms with E-state index in [2.05, 4.69) is 4.90 Å². The molecule has 2 heterocycles. The Balaban J connectivity index is 1.65. The number of ether oxygens (including phenoxy) is 2. The van der Waals surface area contributed by atoms with Crippen LogP contribution < -0.4 is 9.47 Å². The fourth-order valence-corrected chi connectivity index (χ4v) is 4.09. The molecule has 0 spiro atoms. The second-order valence-corrected chi connectivity index (χ2v) is 8.15. The molecule has 1 fully saturated rings. The normalized spacial score (nSPS) is 16.6. The van der Waals surface area contributed by atoms with Crippen molar-refractivity contribution in [1.82, 2.24) is 9.80 Å². The second-order valence-electron chi connectivity index (χ2n) is 8.15. The quantitative estimate of drug-likeness (QED) is 0.637. The van der Waals surface area contributed by atoms with E-state index in [-0.39, 0.29) is 24.5 Å². The van der Waals surface area contributed by atoms with E-state index in [1.54, 1.807) is 7.11 Å². The van der Waals surface area contributed by atoms with Crippen LogP contribution in [-0.4, -0.2) is 47.9 Å². The van der Waals surface area contributed by atoms with Crippen molar-refractivity contribution in [2.45, 2.75) is 39.3 Å². The number of rotatable bonds is 7. The number of nitrogens with zero attached hydrogens (tertiary/aromatic N) is 2. The predicted octanol–water partition coefficient (Wildman–Crippen LogP) is 3.86. The highest BCUT2D eigenvalue weighted by atomic mass is 16.5. The van der Waals surface area contributed by atoms with Gasteiger partial charge in [0.2, 0.25) is 0 Å². The number of hydrogen-bond acceptors (Lipinski definition) is 5. The summed E-state index contributed by atoms with van der Waals surface area (Å²) in [4.78, 5) is 30.2. The van der Waals surface area contributed by atoms with Gasteiger partial charge in [-0.3, -0.25) is 14.5 Å². The highest BCUT2D eigenvalue weighted by Gasteiger charge is 2.42. The lowest BCUT2D eigenvalue weighted by molar-refractivity contribution is -0.138. The zero-order chi connectivity index (χ0) is 22.0. The van der Waals surface area contributed by atoms with Gasteiger partial charge in [0, 0.05) is 13.1 Å². The maximum atomic E-state index is 13.4. The van der Waals surface area contributed by atoms with Gasteiger partial charge in [-0.05, 0) is 62.1 Å². The Morgan fingerprint density at radius 2 is 1.48 bits per heavy atom. The molecule has 4 rings (SSSR count). The number of benzene rings is 2. The first-order valence-corrected chi connectivity index (χ1v) is 10.7. The highest BCUT2D eigenvalue weighted by Crippen LogP contribution is 2.35. The fraction of sp³-hybridized carbons (Fsp3) is 0.360. The van der Waals surface area contributed by atoms with Crippen molar-refractivity contribution in [2.24, 2.45) is 0 Å². The van der Waals surface area contributed by atoms with Crippen molar-refractivity contribution in [1.29, 1.82) is 0 Å². The first kappa shape index (κ1) is 21.0. The van der Waals surface area contributed by atoms with Crippen LogP contribution >= 0.6 is 0 Å². The minimum absolute atomic E-state index is 0.0694. The molecule has 2 aromatic rings. The molecule has 0 atom stereocenters. The van der Waals surface area contributed by atoms with Gasteiger partial charge in [0.15, 0.2) is 0 Å². The van der Waals surface area contributed by atoms with E-state index in [9.17, 15) is 9.59 Å². The summed E-state index contributed by atoms with van der Waals surface area (Å²) in [6.45, 7) is 5.76. The van der Waals surface area contributed by atoms with Crippen molar-refractivity contribution in [3.63, 3.8) is 0 Å². The summed E-state index contributed by atoms with van der Waals surface area (Å²) >= 11 is 0. The van der Waals surface area contributed by atoms with Crippen LogP contribution in [0.4, 0.5) is 0 Å². The van der Waals surface area contributed by atoms with Gasteiger partial charge in [-0.15, -0.1) is 0 Å². The van der Waals surface area contributed by atoms with Gasteiger partial charge < -0.3 is 14.4 Å². The van der Waals surface area contributed by atoms with Crippen LogP contribution in [0.3, 0.4) is 0 Å². The number of amides is 2. The van der Waals surface area contributed by atoms with Gasteiger partial charge in [0.05, 0.1) is 25.3 Å².